The number of benzene rings is 1. The molecule has 0 fully saturated rings. The summed E-state index contributed by atoms with van der Waals surface area (Å²) in [6.07, 6.45) is 1.16. The fourth-order valence-electron chi connectivity index (χ4n) is 1.40. The first-order valence-electron chi connectivity index (χ1n) is 5.43. The molecule has 1 N–H and O–H groups in total. The van der Waals surface area contributed by atoms with E-state index in [4.69, 9.17) is 9.94 Å². The maximum absolute atomic E-state index is 11.0. The summed E-state index contributed by atoms with van der Waals surface area (Å²) in [4.78, 5) is 0. The maximum Gasteiger partial charge on any atom is 0.150 e. The van der Waals surface area contributed by atoms with E-state index in [9.17, 15) is 8.42 Å². The highest BCUT2D eigenvalue weighted by Crippen LogP contribution is 2.21. The van der Waals surface area contributed by atoms with Gasteiger partial charge in [-0.2, -0.15) is 0 Å². The fourth-order valence-corrected chi connectivity index (χ4v) is 1.79. The second-order valence-electron chi connectivity index (χ2n) is 4.16. The zero-order valence-electron chi connectivity index (χ0n) is 10.7. The Morgan fingerprint density at radius 2 is 2.11 bits per heavy atom. The van der Waals surface area contributed by atoms with Crippen LogP contribution < -0.4 is 4.74 Å². The lowest BCUT2D eigenvalue weighted by atomic mass is 10.1. The minimum atomic E-state index is -3.05. The maximum atomic E-state index is 11.0. The zero-order chi connectivity index (χ0) is 13.8. The monoisotopic (exact) mass is 271 g/mol. The van der Waals surface area contributed by atoms with Crippen molar-refractivity contribution in [3.05, 3.63) is 29.3 Å². The molecule has 0 saturated carbocycles. The van der Waals surface area contributed by atoms with Gasteiger partial charge >= 0.3 is 0 Å². The lowest BCUT2D eigenvalue weighted by Gasteiger charge is -2.11. The highest BCUT2D eigenvalue weighted by molar-refractivity contribution is 7.90. The highest BCUT2D eigenvalue weighted by Gasteiger charge is 2.09. The quantitative estimate of drug-likeness (QED) is 0.501. The van der Waals surface area contributed by atoms with Crippen LogP contribution in [0.5, 0.6) is 5.75 Å². The molecule has 0 atom stereocenters. The van der Waals surface area contributed by atoms with Gasteiger partial charge in [0.15, 0.2) is 9.84 Å². The molecule has 1 aromatic carbocycles. The van der Waals surface area contributed by atoms with E-state index in [1.165, 1.54) is 0 Å². The molecule has 0 aliphatic carbocycles. The van der Waals surface area contributed by atoms with Gasteiger partial charge in [0.1, 0.15) is 12.4 Å². The zero-order valence-corrected chi connectivity index (χ0v) is 11.5. The molecule has 0 heterocycles. The van der Waals surface area contributed by atoms with E-state index >= 15 is 0 Å². The van der Waals surface area contributed by atoms with Crippen molar-refractivity contribution in [1.82, 2.24) is 0 Å². The summed E-state index contributed by atoms with van der Waals surface area (Å²) in [5.74, 6) is 0.476. The number of hydrogen-bond acceptors (Lipinski definition) is 5. The Balaban J connectivity index is 2.90. The Hall–Kier alpha value is -1.56. The standard InChI is InChI=1S/C12H17NO4S/c1-9-4-5-11(10(2)13-14)12(8-9)17-6-7-18(3,15)16/h4-5,8,14H,6-7H2,1-3H3. The first-order chi connectivity index (χ1) is 8.33. The topological polar surface area (TPSA) is 76.0 Å². The first-order valence-corrected chi connectivity index (χ1v) is 7.50. The van der Waals surface area contributed by atoms with Gasteiger partial charge in [-0.1, -0.05) is 11.2 Å². The van der Waals surface area contributed by atoms with Crippen LogP contribution in [0, 0.1) is 6.92 Å². The second-order valence-corrected chi connectivity index (χ2v) is 6.42. The SMILES string of the molecule is CC(=NO)c1ccc(C)cc1OCCS(C)(=O)=O. The van der Waals surface area contributed by atoms with Crippen LogP contribution >= 0.6 is 0 Å². The second kappa shape index (κ2) is 5.86. The van der Waals surface area contributed by atoms with Crippen LogP contribution in [-0.4, -0.2) is 38.0 Å². The minimum Gasteiger partial charge on any atom is -0.492 e. The van der Waals surface area contributed by atoms with E-state index in [0.717, 1.165) is 11.8 Å². The Labute approximate surface area is 107 Å². The molecule has 0 saturated heterocycles. The number of sulfone groups is 1. The van der Waals surface area contributed by atoms with Crippen molar-refractivity contribution in [2.45, 2.75) is 13.8 Å². The lowest BCUT2D eigenvalue weighted by Crippen LogP contribution is -2.13. The van der Waals surface area contributed by atoms with Crippen LogP contribution in [0.25, 0.3) is 0 Å². The van der Waals surface area contributed by atoms with E-state index in [1.807, 2.05) is 13.0 Å². The molecular weight excluding hydrogens is 254 g/mol. The molecule has 0 aliphatic heterocycles. The molecule has 0 spiro atoms. The van der Waals surface area contributed by atoms with Crippen molar-refractivity contribution in [1.29, 1.82) is 0 Å². The van der Waals surface area contributed by atoms with Crippen LogP contribution in [0.1, 0.15) is 18.1 Å². The molecule has 6 heteroatoms. The average molecular weight is 271 g/mol. The third kappa shape index (κ3) is 4.37. The summed E-state index contributed by atoms with van der Waals surface area (Å²) in [5, 5.41) is 11.9. The number of nitrogens with zero attached hydrogens (tertiary/aromatic N) is 1. The molecule has 18 heavy (non-hydrogen) atoms. The number of hydrogen-bond donors (Lipinski definition) is 1. The molecule has 100 valence electrons. The van der Waals surface area contributed by atoms with Gasteiger partial charge in [-0.15, -0.1) is 0 Å². The predicted molar refractivity (Wildman–Crippen MR) is 70.4 cm³/mol. The normalized spacial score (nSPS) is 12.5. The lowest BCUT2D eigenvalue weighted by molar-refractivity contribution is 0.317. The third-order valence-corrected chi connectivity index (χ3v) is 3.30. The van der Waals surface area contributed by atoms with Crippen molar-refractivity contribution < 1.29 is 18.4 Å². The highest BCUT2D eigenvalue weighted by atomic mass is 32.2. The first kappa shape index (κ1) is 14.5. The average Bonchev–Trinajstić information content (AvgIpc) is 2.26. The van der Waals surface area contributed by atoms with Gasteiger partial charge in [0.05, 0.1) is 11.5 Å². The molecule has 0 aromatic heterocycles. The van der Waals surface area contributed by atoms with Crippen LogP contribution in [0.4, 0.5) is 0 Å². The molecule has 1 aromatic rings. The van der Waals surface area contributed by atoms with Crippen LogP contribution in [0.15, 0.2) is 23.4 Å². The van der Waals surface area contributed by atoms with Crippen LogP contribution in [-0.2, 0) is 9.84 Å². The van der Waals surface area contributed by atoms with Gasteiger partial charge in [0.2, 0.25) is 0 Å². The van der Waals surface area contributed by atoms with Gasteiger partial charge in [-0.3, -0.25) is 0 Å². The molecule has 0 radical (unpaired) electrons. The fraction of sp³-hybridized carbons (Fsp3) is 0.417. The third-order valence-electron chi connectivity index (χ3n) is 2.39. The van der Waals surface area contributed by atoms with Gasteiger partial charge in [0, 0.05) is 11.8 Å². The Morgan fingerprint density at radius 3 is 2.67 bits per heavy atom. The number of ether oxygens (including phenoxy) is 1. The van der Waals surface area contributed by atoms with Crippen molar-refractivity contribution in [3.8, 4) is 5.75 Å². The summed E-state index contributed by atoms with van der Waals surface area (Å²) in [5.41, 5.74) is 2.06. The summed E-state index contributed by atoms with van der Waals surface area (Å²) >= 11 is 0. The summed E-state index contributed by atoms with van der Waals surface area (Å²) in [6, 6.07) is 5.43. The van der Waals surface area contributed by atoms with Gasteiger partial charge < -0.3 is 9.94 Å². The van der Waals surface area contributed by atoms with Gasteiger partial charge in [-0.05, 0) is 31.5 Å². The van der Waals surface area contributed by atoms with Crippen molar-refractivity contribution in [3.63, 3.8) is 0 Å². The number of oxime groups is 1. The predicted octanol–water partition coefficient (Wildman–Crippen LogP) is 1.62. The Morgan fingerprint density at radius 1 is 1.44 bits per heavy atom. The minimum absolute atomic E-state index is 0.0459. The van der Waals surface area contributed by atoms with Crippen molar-refractivity contribution >= 4 is 15.5 Å². The van der Waals surface area contributed by atoms with E-state index in [1.54, 1.807) is 19.1 Å². The van der Waals surface area contributed by atoms with Gasteiger partial charge in [-0.25, -0.2) is 8.42 Å². The largest absolute Gasteiger partial charge is 0.492 e. The number of aryl methyl sites for hydroxylation is 1. The van der Waals surface area contributed by atoms with Crippen molar-refractivity contribution in [2.75, 3.05) is 18.6 Å². The summed E-state index contributed by atoms with van der Waals surface area (Å²) in [7, 11) is -3.05. The smallest absolute Gasteiger partial charge is 0.150 e. The van der Waals surface area contributed by atoms with E-state index in [2.05, 4.69) is 5.16 Å². The Kier molecular flexibility index (Phi) is 4.72. The molecule has 1 rings (SSSR count). The van der Waals surface area contributed by atoms with E-state index < -0.39 is 9.84 Å². The molecular formula is C12H17NO4S. The summed E-state index contributed by atoms with van der Waals surface area (Å²) < 4.78 is 27.5. The molecule has 0 aliphatic rings. The molecule has 0 amide bonds. The van der Waals surface area contributed by atoms with E-state index in [-0.39, 0.29) is 12.4 Å². The van der Waals surface area contributed by atoms with Crippen LogP contribution in [0.3, 0.4) is 0 Å². The van der Waals surface area contributed by atoms with Gasteiger partial charge in [0.25, 0.3) is 0 Å². The Bertz CT molecular complexity index is 549. The molecule has 5 nitrogen and oxygen atoms in total. The molecule has 0 unspecified atom stereocenters. The molecule has 0 bridgehead atoms. The van der Waals surface area contributed by atoms with Crippen LogP contribution in [0.2, 0.25) is 0 Å². The summed E-state index contributed by atoms with van der Waals surface area (Å²) in [6.45, 7) is 3.63. The van der Waals surface area contributed by atoms with E-state index in [0.29, 0.717) is 17.0 Å². The number of rotatable bonds is 5. The van der Waals surface area contributed by atoms with Crippen molar-refractivity contribution in [2.24, 2.45) is 5.16 Å².